The highest BCUT2D eigenvalue weighted by atomic mass is 35.5. The number of hydrogen-bond acceptors (Lipinski definition) is 3. The molecule has 1 heterocycles. The number of carbonyl (C=O) groups is 1. The Bertz CT molecular complexity index is 956. The Morgan fingerprint density at radius 1 is 1.23 bits per heavy atom. The van der Waals surface area contributed by atoms with E-state index in [2.05, 4.69) is 26.5 Å². The lowest BCUT2D eigenvalue weighted by atomic mass is 9.73. The molecule has 0 unspecified atom stereocenters. The van der Waals surface area contributed by atoms with Gasteiger partial charge in [-0.3, -0.25) is 0 Å². The molecule has 0 aromatic heterocycles. The number of hydrogen-bond donors (Lipinski definition) is 1. The molecule has 0 radical (unpaired) electrons. The van der Waals surface area contributed by atoms with Gasteiger partial charge in [0.15, 0.2) is 6.61 Å². The number of ether oxygens (including phenoxy) is 2. The lowest BCUT2D eigenvalue weighted by molar-refractivity contribution is -0.139. The molecule has 0 aliphatic carbocycles. The molecule has 31 heavy (non-hydrogen) atoms. The average Bonchev–Trinajstić information content (AvgIpc) is 2.71. The van der Waals surface area contributed by atoms with Crippen molar-refractivity contribution >= 4 is 29.2 Å². The van der Waals surface area contributed by atoms with Crippen molar-refractivity contribution in [3.63, 3.8) is 0 Å². The Kier molecular flexibility index (Phi) is 7.68. The molecule has 2 aromatic carbocycles. The molecule has 0 amide bonds. The molecule has 1 saturated heterocycles. The van der Waals surface area contributed by atoms with E-state index >= 15 is 0 Å². The van der Waals surface area contributed by atoms with Crippen molar-refractivity contribution in [1.82, 2.24) is 0 Å². The van der Waals surface area contributed by atoms with E-state index in [1.807, 2.05) is 25.1 Å². The van der Waals surface area contributed by atoms with Gasteiger partial charge in [-0.25, -0.2) is 4.79 Å². The zero-order valence-corrected chi connectivity index (χ0v) is 19.5. The van der Waals surface area contributed by atoms with Crippen LogP contribution < -0.4 is 4.74 Å². The van der Waals surface area contributed by atoms with E-state index in [0.717, 1.165) is 23.1 Å². The molecule has 0 bridgehead atoms. The summed E-state index contributed by atoms with van der Waals surface area (Å²) in [5.74, 6) is -0.168. The molecule has 1 fully saturated rings. The third-order valence-electron chi connectivity index (χ3n) is 5.77. The maximum Gasteiger partial charge on any atom is 0.341 e. The van der Waals surface area contributed by atoms with Gasteiger partial charge in [0.2, 0.25) is 0 Å². The zero-order valence-electron chi connectivity index (χ0n) is 18.0. The van der Waals surface area contributed by atoms with E-state index in [0.29, 0.717) is 15.8 Å². The zero-order chi connectivity index (χ0) is 22.7. The number of halogens is 2. The summed E-state index contributed by atoms with van der Waals surface area (Å²) in [7, 11) is 0. The van der Waals surface area contributed by atoms with Gasteiger partial charge in [-0.2, -0.15) is 0 Å². The van der Waals surface area contributed by atoms with Gasteiger partial charge in [-0.15, -0.1) is 0 Å². The van der Waals surface area contributed by atoms with Crippen molar-refractivity contribution in [2.45, 2.75) is 45.3 Å². The minimum absolute atomic E-state index is 0.00428. The first kappa shape index (κ1) is 23.6. The van der Waals surface area contributed by atoms with Crippen LogP contribution >= 0.6 is 23.2 Å². The van der Waals surface area contributed by atoms with Crippen LogP contribution in [0.4, 0.5) is 0 Å². The fourth-order valence-corrected chi connectivity index (χ4v) is 4.72. The van der Waals surface area contributed by atoms with Crippen LogP contribution in [0.5, 0.6) is 5.75 Å². The van der Waals surface area contributed by atoms with Crippen LogP contribution in [-0.4, -0.2) is 23.8 Å². The summed E-state index contributed by atoms with van der Waals surface area (Å²) in [6.07, 6.45) is 0.418. The average molecular weight is 463 g/mol. The van der Waals surface area contributed by atoms with E-state index in [1.54, 1.807) is 18.2 Å². The summed E-state index contributed by atoms with van der Waals surface area (Å²) < 4.78 is 12.3. The predicted octanol–water partition coefficient (Wildman–Crippen LogP) is 6.92. The van der Waals surface area contributed by atoms with Gasteiger partial charge in [0.1, 0.15) is 5.75 Å². The topological polar surface area (TPSA) is 55.8 Å². The van der Waals surface area contributed by atoms with Gasteiger partial charge >= 0.3 is 5.97 Å². The molecule has 166 valence electrons. The second-order valence-electron chi connectivity index (χ2n) is 8.48. The van der Waals surface area contributed by atoms with E-state index in [4.69, 9.17) is 37.8 Å². The van der Waals surface area contributed by atoms with Crippen molar-refractivity contribution in [3.8, 4) is 5.75 Å². The van der Waals surface area contributed by atoms with Gasteiger partial charge < -0.3 is 14.6 Å². The van der Waals surface area contributed by atoms with Gasteiger partial charge in [0, 0.05) is 27.4 Å². The first-order chi connectivity index (χ1) is 14.7. The summed E-state index contributed by atoms with van der Waals surface area (Å²) in [6.45, 7) is 10.1. The van der Waals surface area contributed by atoms with Crippen LogP contribution in [0, 0.1) is 11.8 Å². The molecular formula is C25H28Cl2O4. The van der Waals surface area contributed by atoms with Crippen molar-refractivity contribution in [1.29, 1.82) is 0 Å². The van der Waals surface area contributed by atoms with E-state index < -0.39 is 12.6 Å². The summed E-state index contributed by atoms with van der Waals surface area (Å²) in [5, 5.41) is 10.3. The largest absolute Gasteiger partial charge is 0.482 e. The first-order valence-corrected chi connectivity index (χ1v) is 11.1. The Labute approximate surface area is 193 Å². The first-order valence-electron chi connectivity index (χ1n) is 10.4. The Morgan fingerprint density at radius 3 is 2.55 bits per heavy atom. The van der Waals surface area contributed by atoms with Crippen LogP contribution in [0.3, 0.4) is 0 Å². The van der Waals surface area contributed by atoms with E-state index in [9.17, 15) is 4.79 Å². The quantitative estimate of drug-likeness (QED) is 0.453. The number of benzene rings is 2. The maximum atomic E-state index is 11.1. The van der Waals surface area contributed by atoms with Gasteiger partial charge in [-0.1, -0.05) is 61.3 Å². The molecule has 6 heteroatoms. The minimum atomic E-state index is -1.04. The smallest absolute Gasteiger partial charge is 0.341 e. The third kappa shape index (κ3) is 5.62. The summed E-state index contributed by atoms with van der Waals surface area (Å²) in [4.78, 5) is 11.1. The highest BCUT2D eigenvalue weighted by molar-refractivity contribution is 6.31. The molecule has 3 rings (SSSR count). The second-order valence-corrected chi connectivity index (χ2v) is 9.35. The Morgan fingerprint density at radius 2 is 1.94 bits per heavy atom. The highest BCUT2D eigenvalue weighted by Gasteiger charge is 2.42. The van der Waals surface area contributed by atoms with Crippen molar-refractivity contribution in [2.24, 2.45) is 11.8 Å². The minimum Gasteiger partial charge on any atom is -0.482 e. The monoisotopic (exact) mass is 462 g/mol. The third-order valence-corrected chi connectivity index (χ3v) is 6.24. The van der Waals surface area contributed by atoms with Crippen LogP contribution in [0.15, 0.2) is 54.6 Å². The summed E-state index contributed by atoms with van der Waals surface area (Å²) >= 11 is 12.6. The molecule has 2 aromatic rings. The van der Waals surface area contributed by atoms with Gasteiger partial charge in [-0.05, 0) is 55.2 Å². The van der Waals surface area contributed by atoms with E-state index in [1.165, 1.54) is 0 Å². The lowest BCUT2D eigenvalue weighted by Crippen LogP contribution is -2.39. The lowest BCUT2D eigenvalue weighted by Gasteiger charge is -2.44. The molecule has 1 aliphatic heterocycles. The van der Waals surface area contributed by atoms with Crippen LogP contribution in [0.2, 0.25) is 10.0 Å². The fourth-order valence-electron chi connectivity index (χ4n) is 4.34. The van der Waals surface area contributed by atoms with Gasteiger partial charge in [0.05, 0.1) is 12.2 Å². The fraction of sp³-hybridized carbons (Fsp3) is 0.400. The Balaban J connectivity index is 2.03. The van der Waals surface area contributed by atoms with Crippen LogP contribution in [0.25, 0.3) is 0 Å². The van der Waals surface area contributed by atoms with Crippen LogP contribution in [-0.2, 0) is 9.53 Å². The summed E-state index contributed by atoms with van der Waals surface area (Å²) in [5.41, 5.74) is 2.88. The Hall–Kier alpha value is -2.01. The van der Waals surface area contributed by atoms with Crippen molar-refractivity contribution < 1.29 is 19.4 Å². The number of aliphatic carboxylic acids is 1. The normalized spacial score (nSPS) is 23.5. The highest BCUT2D eigenvalue weighted by Crippen LogP contribution is 2.50. The molecule has 4 atom stereocenters. The number of rotatable bonds is 7. The molecule has 0 saturated carbocycles. The molecule has 0 spiro atoms. The second kappa shape index (κ2) is 10.1. The molecule has 1 N–H and O–H groups in total. The van der Waals surface area contributed by atoms with Crippen molar-refractivity contribution in [2.75, 3.05) is 6.61 Å². The molecule has 4 nitrogen and oxygen atoms in total. The number of carboxylic acid groups (broad SMARTS) is 1. The SMILES string of the molecule is C=C(C)[C@H]1C[C@@H](c2cccc(Cl)c2)[C@H](C(C)C)O[C@@H]1c1cc(Cl)ccc1OCC(=O)O. The van der Waals surface area contributed by atoms with Crippen LogP contribution in [0.1, 0.15) is 50.3 Å². The number of carboxylic acids is 1. The van der Waals surface area contributed by atoms with Crippen molar-refractivity contribution in [3.05, 3.63) is 75.8 Å². The van der Waals surface area contributed by atoms with Gasteiger partial charge in [0.25, 0.3) is 0 Å². The maximum absolute atomic E-state index is 11.1. The summed E-state index contributed by atoms with van der Waals surface area (Å²) in [6, 6.07) is 13.1. The predicted molar refractivity (Wildman–Crippen MR) is 124 cm³/mol. The standard InChI is InChI=1S/C25H28Cl2O4/c1-14(2)19-12-20(16-6-5-7-17(26)10-16)24(15(3)4)31-25(19)21-11-18(27)8-9-22(21)30-13-23(28)29/h5-11,15,19-20,24-25H,1,12-13H2,2-4H3,(H,28,29)/t19-,20+,24+,25+/m1/s1. The molecular weight excluding hydrogens is 435 g/mol. The molecule has 1 aliphatic rings. The van der Waals surface area contributed by atoms with E-state index in [-0.39, 0.29) is 30.0 Å².